The number of rotatable bonds is 5. The molecule has 1 N–H and O–H groups in total. The summed E-state index contributed by atoms with van der Waals surface area (Å²) in [5.74, 6) is 0. The Labute approximate surface area is 122 Å². The van der Waals surface area contributed by atoms with E-state index in [9.17, 15) is 0 Å². The van der Waals surface area contributed by atoms with E-state index in [-0.39, 0.29) is 0 Å². The Kier molecular flexibility index (Phi) is 5.07. The third-order valence-electron chi connectivity index (χ3n) is 2.74. The van der Waals surface area contributed by atoms with Gasteiger partial charge >= 0.3 is 0 Å². The summed E-state index contributed by atoms with van der Waals surface area (Å²) in [5.41, 5.74) is 2.34. The molecule has 0 saturated carbocycles. The largest absolute Gasteiger partial charge is 0.312 e. The van der Waals surface area contributed by atoms with E-state index in [2.05, 4.69) is 23.5 Å². The molecule has 0 aliphatic heterocycles. The minimum absolute atomic E-state index is 0.833. The Bertz CT molecular complexity index is 522. The van der Waals surface area contributed by atoms with E-state index in [0.717, 1.165) is 34.4 Å². The van der Waals surface area contributed by atoms with Crippen molar-refractivity contribution in [2.75, 3.05) is 6.54 Å². The number of thiophene rings is 1. The standard InChI is InChI=1S/C14H15Cl2NS/c1-10-2-3-11(8-13(10)15)9-17-7-6-12-4-5-14(16)18-12/h2-5,8,17H,6-7,9H2,1H3. The Balaban J connectivity index is 1.76. The van der Waals surface area contributed by atoms with E-state index < -0.39 is 0 Å². The first-order chi connectivity index (χ1) is 8.65. The highest BCUT2D eigenvalue weighted by Crippen LogP contribution is 2.21. The Morgan fingerprint density at radius 2 is 2.00 bits per heavy atom. The first-order valence-electron chi connectivity index (χ1n) is 5.85. The van der Waals surface area contributed by atoms with Gasteiger partial charge in [0.15, 0.2) is 0 Å². The summed E-state index contributed by atoms with van der Waals surface area (Å²) in [6.45, 7) is 3.81. The number of hydrogen-bond donors (Lipinski definition) is 1. The van der Waals surface area contributed by atoms with Crippen LogP contribution in [0.2, 0.25) is 9.36 Å². The second kappa shape index (κ2) is 6.58. The van der Waals surface area contributed by atoms with Crippen LogP contribution in [-0.2, 0) is 13.0 Å². The molecule has 0 amide bonds. The molecule has 2 aromatic rings. The third-order valence-corrected chi connectivity index (χ3v) is 4.44. The first kappa shape index (κ1) is 13.9. The molecule has 4 heteroatoms. The van der Waals surface area contributed by atoms with Crippen LogP contribution in [-0.4, -0.2) is 6.54 Å². The summed E-state index contributed by atoms with van der Waals surface area (Å²) in [6.07, 6.45) is 1.01. The summed E-state index contributed by atoms with van der Waals surface area (Å²) in [4.78, 5) is 1.31. The molecule has 1 nitrogen and oxygen atoms in total. The van der Waals surface area contributed by atoms with Crippen molar-refractivity contribution in [3.05, 3.63) is 55.7 Å². The van der Waals surface area contributed by atoms with Crippen LogP contribution < -0.4 is 5.32 Å². The third kappa shape index (κ3) is 3.99. The highest BCUT2D eigenvalue weighted by Gasteiger charge is 1.99. The fraction of sp³-hybridized carbons (Fsp3) is 0.286. The monoisotopic (exact) mass is 299 g/mol. The van der Waals surface area contributed by atoms with Crippen LogP contribution >= 0.6 is 34.5 Å². The van der Waals surface area contributed by atoms with Gasteiger partial charge in [0.1, 0.15) is 0 Å². The van der Waals surface area contributed by atoms with Gasteiger partial charge in [-0.25, -0.2) is 0 Å². The molecule has 0 aliphatic carbocycles. The molecule has 0 unspecified atom stereocenters. The predicted octanol–water partition coefficient (Wildman–Crippen LogP) is 4.70. The molecule has 0 atom stereocenters. The predicted molar refractivity (Wildman–Crippen MR) is 80.9 cm³/mol. The maximum absolute atomic E-state index is 6.08. The summed E-state index contributed by atoms with van der Waals surface area (Å²) < 4.78 is 0.857. The zero-order chi connectivity index (χ0) is 13.0. The number of benzene rings is 1. The maximum atomic E-state index is 6.08. The van der Waals surface area contributed by atoms with Crippen molar-refractivity contribution < 1.29 is 0 Å². The van der Waals surface area contributed by atoms with Crippen molar-refractivity contribution in [3.63, 3.8) is 0 Å². The van der Waals surface area contributed by atoms with Gasteiger partial charge in [0.05, 0.1) is 4.34 Å². The van der Waals surface area contributed by atoms with Gasteiger partial charge < -0.3 is 5.32 Å². The van der Waals surface area contributed by atoms with Crippen LogP contribution in [0.15, 0.2) is 30.3 Å². The molecule has 1 heterocycles. The molecule has 18 heavy (non-hydrogen) atoms. The molecular formula is C14H15Cl2NS. The second-order valence-electron chi connectivity index (χ2n) is 4.22. The molecule has 1 aromatic heterocycles. The van der Waals surface area contributed by atoms with Crippen molar-refractivity contribution in [3.8, 4) is 0 Å². The van der Waals surface area contributed by atoms with Gasteiger partial charge in [0, 0.05) is 23.0 Å². The van der Waals surface area contributed by atoms with Gasteiger partial charge in [-0.2, -0.15) is 0 Å². The van der Waals surface area contributed by atoms with Gasteiger partial charge in [0.25, 0.3) is 0 Å². The van der Waals surface area contributed by atoms with Gasteiger partial charge in [0.2, 0.25) is 0 Å². The Morgan fingerprint density at radius 3 is 2.67 bits per heavy atom. The summed E-state index contributed by atoms with van der Waals surface area (Å²) in [7, 11) is 0. The van der Waals surface area contributed by atoms with Crippen molar-refractivity contribution in [2.45, 2.75) is 19.9 Å². The van der Waals surface area contributed by atoms with Gasteiger partial charge in [-0.15, -0.1) is 11.3 Å². The zero-order valence-corrected chi connectivity index (χ0v) is 12.5. The van der Waals surface area contributed by atoms with Gasteiger partial charge in [-0.05, 0) is 42.7 Å². The fourth-order valence-electron chi connectivity index (χ4n) is 1.68. The molecule has 1 aromatic carbocycles. The Morgan fingerprint density at radius 1 is 1.17 bits per heavy atom. The van der Waals surface area contributed by atoms with Crippen molar-refractivity contribution >= 4 is 34.5 Å². The van der Waals surface area contributed by atoms with Crippen LogP contribution in [0.3, 0.4) is 0 Å². The lowest BCUT2D eigenvalue weighted by Crippen LogP contribution is -2.16. The molecule has 96 valence electrons. The number of aryl methyl sites for hydroxylation is 1. The van der Waals surface area contributed by atoms with Crippen LogP contribution in [0.4, 0.5) is 0 Å². The zero-order valence-electron chi connectivity index (χ0n) is 10.2. The lowest BCUT2D eigenvalue weighted by Gasteiger charge is -2.06. The van der Waals surface area contributed by atoms with Crippen LogP contribution in [0.5, 0.6) is 0 Å². The van der Waals surface area contributed by atoms with E-state index in [0.29, 0.717) is 0 Å². The van der Waals surface area contributed by atoms with Crippen LogP contribution in [0.25, 0.3) is 0 Å². The number of nitrogens with one attached hydrogen (secondary N) is 1. The molecule has 2 rings (SSSR count). The summed E-state index contributed by atoms with van der Waals surface area (Å²) >= 11 is 13.6. The molecule has 0 bridgehead atoms. The SMILES string of the molecule is Cc1ccc(CNCCc2ccc(Cl)s2)cc1Cl. The van der Waals surface area contributed by atoms with Gasteiger partial charge in [-0.3, -0.25) is 0 Å². The summed E-state index contributed by atoms with van der Waals surface area (Å²) in [5, 5.41) is 4.24. The van der Waals surface area contributed by atoms with E-state index in [1.54, 1.807) is 11.3 Å². The average molecular weight is 300 g/mol. The molecule has 0 spiro atoms. The van der Waals surface area contributed by atoms with Crippen LogP contribution in [0.1, 0.15) is 16.0 Å². The second-order valence-corrected chi connectivity index (χ2v) is 6.42. The topological polar surface area (TPSA) is 12.0 Å². The van der Waals surface area contributed by atoms with Crippen LogP contribution in [0, 0.1) is 6.92 Å². The summed E-state index contributed by atoms with van der Waals surface area (Å²) in [6, 6.07) is 10.2. The van der Waals surface area contributed by atoms with E-state index in [1.807, 2.05) is 19.1 Å². The minimum Gasteiger partial charge on any atom is -0.312 e. The van der Waals surface area contributed by atoms with Gasteiger partial charge in [-0.1, -0.05) is 35.3 Å². The maximum Gasteiger partial charge on any atom is 0.0931 e. The van der Waals surface area contributed by atoms with E-state index in [4.69, 9.17) is 23.2 Å². The van der Waals surface area contributed by atoms with Crippen molar-refractivity contribution in [2.24, 2.45) is 0 Å². The molecule has 0 fully saturated rings. The number of hydrogen-bond acceptors (Lipinski definition) is 2. The molecular weight excluding hydrogens is 285 g/mol. The van der Waals surface area contributed by atoms with Crippen molar-refractivity contribution in [1.29, 1.82) is 0 Å². The quantitative estimate of drug-likeness (QED) is 0.790. The highest BCUT2D eigenvalue weighted by molar-refractivity contribution is 7.16. The minimum atomic E-state index is 0.833. The molecule has 0 radical (unpaired) electrons. The Hall–Kier alpha value is -0.540. The normalized spacial score (nSPS) is 10.8. The lowest BCUT2D eigenvalue weighted by molar-refractivity contribution is 0.690. The smallest absolute Gasteiger partial charge is 0.0931 e. The average Bonchev–Trinajstić information content (AvgIpc) is 2.75. The number of halogens is 2. The van der Waals surface area contributed by atoms with Crippen molar-refractivity contribution in [1.82, 2.24) is 5.32 Å². The fourth-order valence-corrected chi connectivity index (χ4v) is 2.97. The highest BCUT2D eigenvalue weighted by atomic mass is 35.5. The lowest BCUT2D eigenvalue weighted by atomic mass is 10.1. The van der Waals surface area contributed by atoms with E-state index in [1.165, 1.54) is 10.4 Å². The van der Waals surface area contributed by atoms with E-state index >= 15 is 0 Å². The first-order valence-corrected chi connectivity index (χ1v) is 7.42. The molecule has 0 saturated heterocycles. The molecule has 0 aliphatic rings.